The largest absolute Gasteiger partial charge is 0.496 e. The molecule has 0 spiro atoms. The van der Waals surface area contributed by atoms with Gasteiger partial charge in [-0.05, 0) is 30.9 Å². The Morgan fingerprint density at radius 2 is 2.10 bits per heavy atom. The summed E-state index contributed by atoms with van der Waals surface area (Å²) in [4.78, 5) is 0. The maximum absolute atomic E-state index is 6.10. The lowest BCUT2D eigenvalue weighted by Crippen LogP contribution is -1.96. The van der Waals surface area contributed by atoms with Gasteiger partial charge in [0.15, 0.2) is 5.82 Å². The number of anilines is 1. The second kappa shape index (κ2) is 4.27. The molecule has 1 heterocycles. The molecule has 1 fully saturated rings. The molecule has 0 aliphatic heterocycles. The number of H-pyrrole nitrogens is 1. The molecule has 0 saturated heterocycles. The number of nitrogens with two attached hydrogens (primary N) is 1. The molecular formula is C16H21N3O. The van der Waals surface area contributed by atoms with Crippen molar-refractivity contribution in [2.45, 2.75) is 33.1 Å². The highest BCUT2D eigenvalue weighted by atomic mass is 16.5. The van der Waals surface area contributed by atoms with Crippen LogP contribution in [0.3, 0.4) is 0 Å². The van der Waals surface area contributed by atoms with Crippen LogP contribution in [0.25, 0.3) is 11.1 Å². The highest BCUT2D eigenvalue weighted by Crippen LogP contribution is 2.60. The van der Waals surface area contributed by atoms with Crippen LogP contribution in [0.2, 0.25) is 0 Å². The monoisotopic (exact) mass is 271 g/mol. The van der Waals surface area contributed by atoms with Crippen molar-refractivity contribution in [3.8, 4) is 16.9 Å². The van der Waals surface area contributed by atoms with E-state index in [1.807, 2.05) is 12.1 Å². The molecule has 1 aromatic carbocycles. The second-order valence-corrected chi connectivity index (χ2v) is 6.35. The standard InChI is InChI=1S/C16H21N3O/c1-9-5-6-12(20-4)10(7-9)13-14(18-19-15(13)17)11-8-16(11,2)3/h5-7,11H,8H2,1-4H3,(H3,17,18,19). The van der Waals surface area contributed by atoms with E-state index in [1.165, 1.54) is 5.56 Å². The number of aromatic nitrogens is 2. The molecule has 1 atom stereocenters. The second-order valence-electron chi connectivity index (χ2n) is 6.35. The van der Waals surface area contributed by atoms with Crippen molar-refractivity contribution in [1.82, 2.24) is 10.2 Å². The van der Waals surface area contributed by atoms with Crippen LogP contribution in [-0.2, 0) is 0 Å². The smallest absolute Gasteiger partial charge is 0.153 e. The van der Waals surface area contributed by atoms with Crippen LogP contribution in [0.1, 0.15) is 37.4 Å². The number of nitrogens with zero attached hydrogens (tertiary/aromatic N) is 1. The fraction of sp³-hybridized carbons (Fsp3) is 0.438. The van der Waals surface area contributed by atoms with E-state index in [9.17, 15) is 0 Å². The molecule has 0 amide bonds. The summed E-state index contributed by atoms with van der Waals surface area (Å²) in [7, 11) is 1.69. The van der Waals surface area contributed by atoms with Crippen LogP contribution in [0, 0.1) is 12.3 Å². The number of nitrogens with one attached hydrogen (secondary N) is 1. The molecular weight excluding hydrogens is 250 g/mol. The highest BCUT2D eigenvalue weighted by Gasteiger charge is 2.49. The van der Waals surface area contributed by atoms with Crippen molar-refractivity contribution < 1.29 is 4.74 Å². The number of hydrogen-bond acceptors (Lipinski definition) is 3. The lowest BCUT2D eigenvalue weighted by Gasteiger charge is -2.11. The van der Waals surface area contributed by atoms with E-state index in [1.54, 1.807) is 7.11 Å². The Labute approximate surface area is 119 Å². The molecule has 3 N–H and O–H groups in total. The first kappa shape index (κ1) is 13.0. The molecule has 4 heteroatoms. The van der Waals surface area contributed by atoms with Crippen LogP contribution >= 0.6 is 0 Å². The number of nitrogen functional groups attached to an aromatic ring is 1. The number of rotatable bonds is 3. The van der Waals surface area contributed by atoms with E-state index >= 15 is 0 Å². The zero-order valence-electron chi connectivity index (χ0n) is 12.4. The van der Waals surface area contributed by atoms with Gasteiger partial charge >= 0.3 is 0 Å². The summed E-state index contributed by atoms with van der Waals surface area (Å²) in [5, 5.41) is 7.35. The van der Waals surface area contributed by atoms with Crippen LogP contribution < -0.4 is 10.5 Å². The van der Waals surface area contributed by atoms with Crippen molar-refractivity contribution in [1.29, 1.82) is 0 Å². The molecule has 20 heavy (non-hydrogen) atoms. The molecule has 0 radical (unpaired) electrons. The van der Waals surface area contributed by atoms with Gasteiger partial charge in [-0.2, -0.15) is 5.10 Å². The topological polar surface area (TPSA) is 63.9 Å². The Bertz CT molecular complexity index is 658. The molecule has 1 aromatic heterocycles. The molecule has 1 saturated carbocycles. The van der Waals surface area contributed by atoms with E-state index < -0.39 is 0 Å². The van der Waals surface area contributed by atoms with E-state index in [2.05, 4.69) is 37.0 Å². The fourth-order valence-electron chi connectivity index (χ4n) is 2.88. The maximum Gasteiger partial charge on any atom is 0.153 e. The van der Waals surface area contributed by atoms with Gasteiger partial charge in [0.1, 0.15) is 5.75 Å². The minimum atomic E-state index is 0.324. The molecule has 1 unspecified atom stereocenters. The van der Waals surface area contributed by atoms with E-state index in [4.69, 9.17) is 10.5 Å². The summed E-state index contributed by atoms with van der Waals surface area (Å²) in [5.74, 6) is 1.88. The fourth-order valence-corrected chi connectivity index (χ4v) is 2.88. The van der Waals surface area contributed by atoms with Crippen LogP contribution in [0.5, 0.6) is 5.75 Å². The predicted octanol–water partition coefficient (Wildman–Crippen LogP) is 3.49. The lowest BCUT2D eigenvalue weighted by atomic mass is 9.97. The van der Waals surface area contributed by atoms with E-state index in [-0.39, 0.29) is 0 Å². The zero-order chi connectivity index (χ0) is 14.5. The van der Waals surface area contributed by atoms with Gasteiger partial charge in [-0.15, -0.1) is 0 Å². The summed E-state index contributed by atoms with van der Waals surface area (Å²) < 4.78 is 5.49. The van der Waals surface area contributed by atoms with Crippen LogP contribution in [-0.4, -0.2) is 17.3 Å². The van der Waals surface area contributed by atoms with E-state index in [0.717, 1.165) is 29.0 Å². The first-order valence-electron chi connectivity index (χ1n) is 6.93. The van der Waals surface area contributed by atoms with Crippen molar-refractivity contribution in [2.24, 2.45) is 5.41 Å². The third kappa shape index (κ3) is 1.96. The third-order valence-corrected chi connectivity index (χ3v) is 4.31. The Morgan fingerprint density at radius 3 is 2.70 bits per heavy atom. The lowest BCUT2D eigenvalue weighted by molar-refractivity contribution is 0.416. The Morgan fingerprint density at radius 1 is 1.40 bits per heavy atom. The van der Waals surface area contributed by atoms with Crippen molar-refractivity contribution in [3.05, 3.63) is 29.5 Å². The number of aromatic amines is 1. The average molecular weight is 271 g/mol. The molecule has 1 aliphatic carbocycles. The van der Waals surface area contributed by atoms with Crippen LogP contribution in [0.15, 0.2) is 18.2 Å². The van der Waals surface area contributed by atoms with Gasteiger partial charge in [0.2, 0.25) is 0 Å². The number of aryl methyl sites for hydroxylation is 1. The molecule has 4 nitrogen and oxygen atoms in total. The third-order valence-electron chi connectivity index (χ3n) is 4.31. The van der Waals surface area contributed by atoms with Crippen molar-refractivity contribution in [3.63, 3.8) is 0 Å². The Balaban J connectivity index is 2.15. The van der Waals surface area contributed by atoms with Gasteiger partial charge in [0.05, 0.1) is 12.7 Å². The van der Waals surface area contributed by atoms with Gasteiger partial charge in [-0.25, -0.2) is 0 Å². The summed E-state index contributed by atoms with van der Waals surface area (Å²) in [6.45, 7) is 6.61. The number of ether oxygens (including phenoxy) is 1. The highest BCUT2D eigenvalue weighted by molar-refractivity contribution is 5.82. The van der Waals surface area contributed by atoms with Gasteiger partial charge in [0, 0.05) is 17.2 Å². The molecule has 106 valence electrons. The Kier molecular flexibility index (Phi) is 2.78. The summed E-state index contributed by atoms with van der Waals surface area (Å²) in [6, 6.07) is 6.14. The summed E-state index contributed by atoms with van der Waals surface area (Å²) >= 11 is 0. The predicted molar refractivity (Wildman–Crippen MR) is 80.9 cm³/mol. The SMILES string of the molecule is COc1ccc(C)cc1-c1c(N)n[nH]c1C1CC1(C)C. The van der Waals surface area contributed by atoms with Gasteiger partial charge < -0.3 is 10.5 Å². The van der Waals surface area contributed by atoms with Gasteiger partial charge in [-0.3, -0.25) is 5.10 Å². The number of methoxy groups -OCH3 is 1. The van der Waals surface area contributed by atoms with Gasteiger partial charge in [0.25, 0.3) is 0 Å². The molecule has 1 aliphatic rings. The normalized spacial score (nSPS) is 19.9. The minimum absolute atomic E-state index is 0.324. The summed E-state index contributed by atoms with van der Waals surface area (Å²) in [5.41, 5.74) is 10.8. The minimum Gasteiger partial charge on any atom is -0.496 e. The molecule has 3 rings (SSSR count). The van der Waals surface area contributed by atoms with Crippen LogP contribution in [0.4, 0.5) is 5.82 Å². The summed E-state index contributed by atoms with van der Waals surface area (Å²) in [6.07, 6.45) is 1.16. The first-order chi connectivity index (χ1) is 9.44. The van der Waals surface area contributed by atoms with Crippen molar-refractivity contribution >= 4 is 5.82 Å². The maximum atomic E-state index is 6.10. The molecule has 0 bridgehead atoms. The zero-order valence-corrected chi connectivity index (χ0v) is 12.4. The number of hydrogen-bond donors (Lipinski definition) is 2. The molecule has 2 aromatic rings. The van der Waals surface area contributed by atoms with Crippen molar-refractivity contribution in [2.75, 3.05) is 12.8 Å². The van der Waals surface area contributed by atoms with E-state index in [0.29, 0.717) is 17.2 Å². The number of benzene rings is 1. The first-order valence-corrected chi connectivity index (χ1v) is 6.93. The quantitative estimate of drug-likeness (QED) is 0.898. The van der Waals surface area contributed by atoms with Gasteiger partial charge in [-0.1, -0.05) is 25.5 Å². The average Bonchev–Trinajstić information content (AvgIpc) is 2.86. The Hall–Kier alpha value is -1.97.